The van der Waals surface area contributed by atoms with Gasteiger partial charge < -0.3 is 40.4 Å². The average Bonchev–Trinajstić information content (AvgIpc) is 1.57. The Kier molecular flexibility index (Phi) is 18.5. The van der Waals surface area contributed by atoms with E-state index in [9.17, 15) is 28.8 Å². The second kappa shape index (κ2) is 29.5. The molecule has 22 rings (SSSR count). The molecule has 0 atom stereocenters. The minimum Gasteiger partial charge on any atom is -0.324 e. The topological polar surface area (TPSA) is 265 Å². The minimum atomic E-state index is -0.143. The van der Waals surface area contributed by atoms with Crippen LogP contribution in [0.1, 0.15) is 115 Å². The van der Waals surface area contributed by atoms with Gasteiger partial charge in [0, 0.05) is 116 Å². The molecule has 15 heterocycles. The molecule has 0 radical (unpaired) electrons. The minimum absolute atomic E-state index is 0.0836. The number of hydrogen-bond donors (Lipinski definition) is 3. The molecule has 27 nitrogen and oxygen atoms in total. The zero-order valence-corrected chi connectivity index (χ0v) is 67.1. The summed E-state index contributed by atoms with van der Waals surface area (Å²) in [6.45, 7) is 12.9. The van der Waals surface area contributed by atoms with E-state index in [1.54, 1.807) is 32.6 Å². The van der Waals surface area contributed by atoms with E-state index < -0.39 is 0 Å². The number of fused-ring (bicyclic) bond motifs is 19. The van der Waals surface area contributed by atoms with E-state index in [0.717, 1.165) is 152 Å². The van der Waals surface area contributed by atoms with Crippen LogP contribution in [-0.2, 0) is 90.2 Å². The molecule has 1 fully saturated rings. The molecule has 0 unspecified atom stereocenters. The number of nitrogens with one attached hydrogen (secondary N) is 3. The first-order chi connectivity index (χ1) is 57.3. The molecular formula is C91H93N21O6. The largest absolute Gasteiger partial charge is 0.324 e. The SMILES string of the molecule is CN1CCc2ccc(Nc3ncc4c(=O)n5n(c4n3)-c3ccc4c(c3)N(CCCC=CC5)C(=O)C4)cc2C1.CN1CCc2ccc(Nc3ncc4c(=O)n5n(c4n3)-c3ccc4c(c3)N(CCCC=CC5)C(=O)C4)cc2C12CC2.CN1Cc2cc(Nc3ncc4c(=O)n5n(c4n3)-c3ccc4c(c3)N(CCCC=CC5)C(=O)C4)ccc2C(C)(C)C1. The van der Waals surface area contributed by atoms with Crippen LogP contribution in [0.3, 0.4) is 0 Å². The first kappa shape index (κ1) is 74.1. The third-order valence-electron chi connectivity index (χ3n) is 25.3. The van der Waals surface area contributed by atoms with Gasteiger partial charge in [0.05, 0.1) is 56.0 Å². The number of nitrogens with zero attached hydrogens (tertiary/aromatic N) is 18. The zero-order chi connectivity index (χ0) is 80.4. The zero-order valence-electron chi connectivity index (χ0n) is 67.1. The molecule has 1 aliphatic carbocycles. The molecule has 6 aromatic heterocycles. The molecule has 27 heteroatoms. The van der Waals surface area contributed by atoms with Crippen LogP contribution in [0.25, 0.3) is 50.2 Å². The summed E-state index contributed by atoms with van der Waals surface area (Å²) in [6, 6.07) is 37.4. The van der Waals surface area contributed by atoms with E-state index in [1.807, 2.05) is 102 Å². The highest BCUT2D eigenvalue weighted by atomic mass is 16.2. The molecule has 3 amide bonds. The van der Waals surface area contributed by atoms with Crippen molar-refractivity contribution in [2.45, 2.75) is 141 Å². The Morgan fingerprint density at radius 1 is 0.381 bits per heavy atom. The van der Waals surface area contributed by atoms with Crippen molar-refractivity contribution in [2.24, 2.45) is 0 Å². The fraction of sp³-hybridized carbons (Fsp3) is 0.341. The predicted molar refractivity (Wildman–Crippen MR) is 458 cm³/mol. The summed E-state index contributed by atoms with van der Waals surface area (Å²) in [6.07, 6.45) is 28.0. The number of allylic oxidation sites excluding steroid dienone is 6. The summed E-state index contributed by atoms with van der Waals surface area (Å²) in [7, 11) is 6.51. The molecule has 598 valence electrons. The normalized spacial score (nSPS) is 18.3. The van der Waals surface area contributed by atoms with Crippen molar-refractivity contribution in [3.63, 3.8) is 0 Å². The molecule has 0 saturated heterocycles. The summed E-state index contributed by atoms with van der Waals surface area (Å²) in [5.41, 5.74) is 20.6. The highest BCUT2D eigenvalue weighted by Gasteiger charge is 2.51. The van der Waals surface area contributed by atoms with Gasteiger partial charge in [-0.2, -0.15) is 15.0 Å². The van der Waals surface area contributed by atoms with Crippen molar-refractivity contribution in [2.75, 3.05) is 91.1 Å². The number of amides is 3. The summed E-state index contributed by atoms with van der Waals surface area (Å²) in [5.74, 6) is 1.68. The second-order valence-electron chi connectivity index (χ2n) is 33.7. The van der Waals surface area contributed by atoms with E-state index in [2.05, 4.69) is 153 Å². The summed E-state index contributed by atoms with van der Waals surface area (Å²) < 4.78 is 10.7. The third-order valence-corrected chi connectivity index (χ3v) is 25.3. The predicted octanol–water partition coefficient (Wildman–Crippen LogP) is 11.9. The number of aromatic nitrogens is 12. The number of rotatable bonds is 6. The van der Waals surface area contributed by atoms with Gasteiger partial charge in [-0.05, 0) is 208 Å². The van der Waals surface area contributed by atoms with Gasteiger partial charge in [-0.1, -0.05) is 86.7 Å². The Morgan fingerprint density at radius 2 is 0.780 bits per heavy atom. The fourth-order valence-corrected chi connectivity index (χ4v) is 19.2. The van der Waals surface area contributed by atoms with Gasteiger partial charge in [-0.25, -0.2) is 43.0 Å². The number of carbonyl (C=O) groups excluding carboxylic acids is 3. The molecule has 118 heavy (non-hydrogen) atoms. The van der Waals surface area contributed by atoms with Crippen LogP contribution in [0.15, 0.2) is 179 Å². The Morgan fingerprint density at radius 3 is 1.23 bits per heavy atom. The molecule has 9 aliphatic heterocycles. The maximum absolute atomic E-state index is 13.6. The van der Waals surface area contributed by atoms with Crippen molar-refractivity contribution in [3.8, 4) is 17.1 Å². The average molecular weight is 1580 g/mol. The quantitative estimate of drug-likeness (QED) is 0.131. The van der Waals surface area contributed by atoms with Crippen molar-refractivity contribution in [1.82, 2.24) is 72.7 Å². The van der Waals surface area contributed by atoms with E-state index in [4.69, 9.17) is 15.0 Å². The van der Waals surface area contributed by atoms with E-state index in [-0.39, 0.29) is 45.4 Å². The van der Waals surface area contributed by atoms with E-state index >= 15 is 0 Å². The Bertz CT molecular complexity index is 6460. The van der Waals surface area contributed by atoms with Gasteiger partial charge in [-0.15, -0.1) is 0 Å². The van der Waals surface area contributed by atoms with Gasteiger partial charge in [0.2, 0.25) is 35.6 Å². The van der Waals surface area contributed by atoms with Crippen LogP contribution in [-0.4, -0.2) is 151 Å². The molecule has 1 spiro atoms. The van der Waals surface area contributed by atoms with Crippen LogP contribution in [0.4, 0.5) is 52.0 Å². The van der Waals surface area contributed by atoms with Crippen molar-refractivity contribution in [3.05, 3.63) is 245 Å². The molecule has 6 aromatic carbocycles. The highest BCUT2D eigenvalue weighted by molar-refractivity contribution is 6.03. The Hall–Kier alpha value is -12.7. The van der Waals surface area contributed by atoms with Gasteiger partial charge >= 0.3 is 0 Å². The second-order valence-corrected chi connectivity index (χ2v) is 33.7. The maximum atomic E-state index is 13.6. The van der Waals surface area contributed by atoms with Gasteiger partial charge in [-0.3, -0.25) is 33.7 Å². The lowest BCUT2D eigenvalue weighted by Crippen LogP contribution is -2.39. The first-order valence-electron chi connectivity index (χ1n) is 41.3. The van der Waals surface area contributed by atoms with Gasteiger partial charge in [0.25, 0.3) is 16.7 Å². The fourth-order valence-electron chi connectivity index (χ4n) is 19.2. The molecule has 1 saturated carbocycles. The summed E-state index contributed by atoms with van der Waals surface area (Å²) in [5, 5.41) is 11.5. The van der Waals surface area contributed by atoms with Crippen molar-refractivity contribution in [1.29, 1.82) is 0 Å². The highest BCUT2D eigenvalue weighted by Crippen LogP contribution is 2.54. The van der Waals surface area contributed by atoms with E-state index in [0.29, 0.717) is 109 Å². The molecule has 12 aromatic rings. The number of carbonyl (C=O) groups is 3. The van der Waals surface area contributed by atoms with Crippen molar-refractivity contribution < 1.29 is 14.4 Å². The smallest absolute Gasteiger partial charge is 0.278 e. The lowest BCUT2D eigenvalue weighted by atomic mass is 9.78. The lowest BCUT2D eigenvalue weighted by Gasteiger charge is -2.38. The maximum Gasteiger partial charge on any atom is 0.278 e. The number of likely N-dealkylation sites (N-methyl/N-ethyl adjacent to an activating group) is 3. The molecule has 6 bridgehead atoms. The molecule has 3 N–H and O–H groups in total. The number of anilines is 9. The third kappa shape index (κ3) is 13.3. The number of benzene rings is 6. The van der Waals surface area contributed by atoms with Crippen LogP contribution in [0, 0.1) is 0 Å². The standard InChI is InChI=1S/C31H31N7O2.C31H33N7O2.C29H29N7O2/c1-35-15-10-20-6-8-22(17-25(20)31(35)11-12-31)33-30-32-19-24-28(34-30)38-23-9-7-21-16-27(39)36(26(21)18-23)13-4-2-3-5-14-37(38)29(24)40;1-31(2)19-35(3)18-21-14-22(9-11-25(21)31)33-30-32-17-24-28(34-30)38-23-10-8-20-15-27(39)36(26(20)16-23)12-6-4-5-7-13-37(38)29(24)40;1-33-13-10-19-6-8-22(14-21(19)18-33)31-29-30-17-24-27(32-29)36-23-9-7-20-15-26(37)34(25(20)16-23)11-4-2-3-5-12-35(36)28(24)38/h3,5-9,17-19H,2,4,10-16H2,1H3,(H,32,33,34);5,7-11,14,16-17H,4,6,12-13,15,18-19H2,1-3H3,(H,32,33,34);3,5-9,14,16-17H,2,4,10-13,15,18H2,1H3,(H,30,31,32). The monoisotopic (exact) mass is 1580 g/mol. The first-order valence-corrected chi connectivity index (χ1v) is 41.3. The Balaban J connectivity index is 0.000000114. The van der Waals surface area contributed by atoms with Crippen LogP contribution in [0.5, 0.6) is 0 Å². The van der Waals surface area contributed by atoms with Crippen LogP contribution >= 0.6 is 0 Å². The van der Waals surface area contributed by atoms with Crippen LogP contribution in [0.2, 0.25) is 0 Å². The van der Waals surface area contributed by atoms with Gasteiger partial charge in [0.15, 0.2) is 16.9 Å². The number of hydrogen-bond acceptors (Lipinski definition) is 18. The van der Waals surface area contributed by atoms with E-state index in [1.165, 1.54) is 46.2 Å². The van der Waals surface area contributed by atoms with Gasteiger partial charge in [0.1, 0.15) is 16.2 Å². The van der Waals surface area contributed by atoms with Crippen molar-refractivity contribution >= 4 is 103 Å². The lowest BCUT2D eigenvalue weighted by molar-refractivity contribution is -0.118. The molecular weight excluding hydrogens is 1480 g/mol. The Labute approximate surface area is 680 Å². The summed E-state index contributed by atoms with van der Waals surface area (Å²) >= 11 is 0. The summed E-state index contributed by atoms with van der Waals surface area (Å²) in [4.78, 5) is 120. The molecule has 10 aliphatic rings. The van der Waals surface area contributed by atoms with Crippen LogP contribution < -0.4 is 47.3 Å².